The molecule has 1 N–H and O–H groups in total. The number of halogens is 1. The molecular formula is C18H13ClN2O2. The van der Waals surface area contributed by atoms with Crippen molar-refractivity contribution in [3.05, 3.63) is 70.4 Å². The minimum atomic E-state index is -1.06. The van der Waals surface area contributed by atoms with Crippen molar-refractivity contribution in [3.8, 4) is 6.07 Å². The largest absolute Gasteiger partial charge is 0.477 e. The molecule has 5 heteroatoms. The monoisotopic (exact) mass is 324 g/mol. The summed E-state index contributed by atoms with van der Waals surface area (Å²) < 4.78 is 1.61. The number of nitrogens with zero attached hydrogens (tertiary/aromatic N) is 2. The fraction of sp³-hybridized carbons (Fsp3) is 0.111. The number of hydrogen-bond acceptors (Lipinski definition) is 2. The Balaban J connectivity index is 2.39. The van der Waals surface area contributed by atoms with E-state index in [9.17, 15) is 15.2 Å². The Morgan fingerprint density at radius 2 is 1.87 bits per heavy atom. The number of aryl methyl sites for hydroxylation is 1. The van der Waals surface area contributed by atoms with Crippen molar-refractivity contribution < 1.29 is 9.90 Å². The van der Waals surface area contributed by atoms with Gasteiger partial charge in [0.1, 0.15) is 11.6 Å². The van der Waals surface area contributed by atoms with Crippen LogP contribution in [0.3, 0.4) is 0 Å². The highest BCUT2D eigenvalue weighted by atomic mass is 35.5. The highest BCUT2D eigenvalue weighted by molar-refractivity contribution is 6.31. The standard InChI is InChI=1S/C18H13ClN2O2/c1-21-15-9-5-3-7-12(15)16(17(21)18(22)23)13(10-20)11-6-2-4-8-14(11)19/h2-9,13H,1H3,(H,22,23). The summed E-state index contributed by atoms with van der Waals surface area (Å²) in [6.45, 7) is 0. The summed E-state index contributed by atoms with van der Waals surface area (Å²) >= 11 is 6.23. The van der Waals surface area contributed by atoms with E-state index in [1.165, 1.54) is 0 Å². The number of hydrogen-bond donors (Lipinski definition) is 1. The van der Waals surface area contributed by atoms with Gasteiger partial charge in [0.25, 0.3) is 0 Å². The Hall–Kier alpha value is -2.77. The molecule has 0 amide bonds. The second kappa shape index (κ2) is 5.79. The third-order valence-electron chi connectivity index (χ3n) is 3.98. The number of para-hydroxylation sites is 1. The fourth-order valence-electron chi connectivity index (χ4n) is 2.97. The van der Waals surface area contributed by atoms with Crippen molar-refractivity contribution in [3.63, 3.8) is 0 Å². The predicted octanol–water partition coefficient (Wildman–Crippen LogP) is 4.19. The molecule has 0 radical (unpaired) electrons. The van der Waals surface area contributed by atoms with Gasteiger partial charge in [0, 0.05) is 28.5 Å². The summed E-state index contributed by atoms with van der Waals surface area (Å²) in [4.78, 5) is 11.8. The van der Waals surface area contributed by atoms with Crippen LogP contribution in [0, 0.1) is 11.3 Å². The van der Waals surface area contributed by atoms with Gasteiger partial charge in [-0.3, -0.25) is 0 Å². The Labute approximate surface area is 138 Å². The average molecular weight is 325 g/mol. The van der Waals surface area contributed by atoms with E-state index in [1.54, 1.807) is 35.9 Å². The van der Waals surface area contributed by atoms with Gasteiger partial charge >= 0.3 is 5.97 Å². The second-order valence-corrected chi connectivity index (χ2v) is 5.63. The quantitative estimate of drug-likeness (QED) is 0.785. The lowest BCUT2D eigenvalue weighted by molar-refractivity contribution is 0.0685. The van der Waals surface area contributed by atoms with Gasteiger partial charge in [-0.2, -0.15) is 5.26 Å². The number of aromatic carboxylic acids is 1. The summed E-state index contributed by atoms with van der Waals surface area (Å²) in [5, 5.41) is 20.6. The van der Waals surface area contributed by atoms with Crippen LogP contribution in [0.2, 0.25) is 5.02 Å². The number of rotatable bonds is 3. The summed E-state index contributed by atoms with van der Waals surface area (Å²) in [6.07, 6.45) is 0. The molecule has 1 aromatic heterocycles. The maximum atomic E-state index is 11.8. The molecule has 1 atom stereocenters. The van der Waals surface area contributed by atoms with Crippen LogP contribution >= 0.6 is 11.6 Å². The summed E-state index contributed by atoms with van der Waals surface area (Å²) in [7, 11) is 1.69. The second-order valence-electron chi connectivity index (χ2n) is 5.23. The van der Waals surface area contributed by atoms with Gasteiger partial charge in [-0.1, -0.05) is 48.0 Å². The van der Waals surface area contributed by atoms with E-state index in [0.29, 0.717) is 16.1 Å². The van der Waals surface area contributed by atoms with Crippen LogP contribution in [0.4, 0.5) is 0 Å². The van der Waals surface area contributed by atoms with E-state index in [-0.39, 0.29) is 5.69 Å². The highest BCUT2D eigenvalue weighted by Crippen LogP contribution is 2.37. The van der Waals surface area contributed by atoms with Crippen molar-refractivity contribution in [1.29, 1.82) is 5.26 Å². The molecule has 1 unspecified atom stereocenters. The number of carbonyl (C=O) groups is 1. The maximum Gasteiger partial charge on any atom is 0.352 e. The lowest BCUT2D eigenvalue weighted by atomic mass is 9.90. The molecule has 0 fully saturated rings. The maximum absolute atomic E-state index is 11.8. The van der Waals surface area contributed by atoms with Gasteiger partial charge in [0.05, 0.1) is 6.07 Å². The van der Waals surface area contributed by atoms with Crippen molar-refractivity contribution >= 4 is 28.5 Å². The molecule has 0 aliphatic heterocycles. The molecule has 0 saturated carbocycles. The Kier molecular flexibility index (Phi) is 3.81. The van der Waals surface area contributed by atoms with Crippen LogP contribution in [0.1, 0.15) is 27.5 Å². The minimum Gasteiger partial charge on any atom is -0.477 e. The number of aromatic nitrogens is 1. The Bertz CT molecular complexity index is 953. The van der Waals surface area contributed by atoms with E-state index < -0.39 is 11.9 Å². The molecule has 2 aromatic carbocycles. The van der Waals surface area contributed by atoms with Crippen LogP contribution in [-0.4, -0.2) is 15.6 Å². The fourth-order valence-corrected chi connectivity index (χ4v) is 3.22. The number of carboxylic acid groups (broad SMARTS) is 1. The first-order valence-corrected chi connectivity index (χ1v) is 7.38. The summed E-state index contributed by atoms with van der Waals surface area (Å²) in [5.41, 5.74) is 1.96. The first kappa shape index (κ1) is 15.1. The highest BCUT2D eigenvalue weighted by Gasteiger charge is 2.28. The molecule has 0 aliphatic carbocycles. The predicted molar refractivity (Wildman–Crippen MR) is 88.8 cm³/mol. The topological polar surface area (TPSA) is 66.0 Å². The molecule has 0 saturated heterocycles. The van der Waals surface area contributed by atoms with Crippen molar-refractivity contribution in [2.45, 2.75) is 5.92 Å². The van der Waals surface area contributed by atoms with Gasteiger partial charge in [0.2, 0.25) is 0 Å². The minimum absolute atomic E-state index is 0.109. The SMILES string of the molecule is Cn1c(C(=O)O)c(C(C#N)c2ccccc2Cl)c2ccccc21. The molecule has 114 valence electrons. The van der Waals surface area contributed by atoms with Crippen LogP contribution in [0.5, 0.6) is 0 Å². The Morgan fingerprint density at radius 3 is 2.52 bits per heavy atom. The molecule has 4 nitrogen and oxygen atoms in total. The molecule has 0 spiro atoms. The molecular weight excluding hydrogens is 312 g/mol. The lowest BCUT2D eigenvalue weighted by Crippen LogP contribution is -2.10. The first-order chi connectivity index (χ1) is 11.1. The van der Waals surface area contributed by atoms with Crippen molar-refractivity contribution in [2.24, 2.45) is 7.05 Å². The van der Waals surface area contributed by atoms with Crippen molar-refractivity contribution in [2.75, 3.05) is 0 Å². The number of benzene rings is 2. The normalized spacial score (nSPS) is 12.0. The molecule has 1 heterocycles. The van der Waals surface area contributed by atoms with Crippen LogP contribution in [0.15, 0.2) is 48.5 Å². The van der Waals surface area contributed by atoms with E-state index >= 15 is 0 Å². The third-order valence-corrected chi connectivity index (χ3v) is 4.33. The first-order valence-electron chi connectivity index (χ1n) is 7.01. The van der Waals surface area contributed by atoms with Crippen LogP contribution in [-0.2, 0) is 7.05 Å². The van der Waals surface area contributed by atoms with Gasteiger partial charge < -0.3 is 9.67 Å². The lowest BCUT2D eigenvalue weighted by Gasteiger charge is -2.12. The average Bonchev–Trinajstić information content (AvgIpc) is 2.84. The van der Waals surface area contributed by atoms with E-state index in [0.717, 1.165) is 10.9 Å². The molecule has 3 rings (SSSR count). The number of nitriles is 1. The molecule has 23 heavy (non-hydrogen) atoms. The van der Waals surface area contributed by atoms with Gasteiger partial charge in [-0.25, -0.2) is 4.79 Å². The van der Waals surface area contributed by atoms with E-state index in [1.807, 2.05) is 24.3 Å². The third kappa shape index (κ3) is 2.36. The zero-order chi connectivity index (χ0) is 16.6. The zero-order valence-corrected chi connectivity index (χ0v) is 13.1. The van der Waals surface area contributed by atoms with E-state index in [4.69, 9.17) is 11.6 Å². The Morgan fingerprint density at radius 1 is 1.22 bits per heavy atom. The molecule has 0 aliphatic rings. The molecule has 0 bridgehead atoms. The summed E-state index contributed by atoms with van der Waals surface area (Å²) in [6, 6.07) is 16.6. The van der Waals surface area contributed by atoms with Crippen LogP contribution in [0.25, 0.3) is 10.9 Å². The van der Waals surface area contributed by atoms with Crippen LogP contribution < -0.4 is 0 Å². The summed E-state index contributed by atoms with van der Waals surface area (Å²) in [5.74, 6) is -1.81. The van der Waals surface area contributed by atoms with Gasteiger partial charge in [-0.15, -0.1) is 0 Å². The van der Waals surface area contributed by atoms with Gasteiger partial charge in [0.15, 0.2) is 0 Å². The molecule has 3 aromatic rings. The number of fused-ring (bicyclic) bond motifs is 1. The van der Waals surface area contributed by atoms with Gasteiger partial charge in [-0.05, 0) is 17.7 Å². The number of carboxylic acids is 1. The van der Waals surface area contributed by atoms with Crippen molar-refractivity contribution in [1.82, 2.24) is 4.57 Å². The smallest absolute Gasteiger partial charge is 0.352 e. The van der Waals surface area contributed by atoms with E-state index in [2.05, 4.69) is 6.07 Å². The zero-order valence-electron chi connectivity index (χ0n) is 12.3.